The van der Waals surface area contributed by atoms with E-state index in [0.29, 0.717) is 5.92 Å². The molecule has 0 N–H and O–H groups in total. The second-order valence-electron chi connectivity index (χ2n) is 7.39. The molecular formula is C17H22N2O2S. The molecule has 0 aliphatic heterocycles. The number of rotatable bonds is 3. The van der Waals surface area contributed by atoms with Crippen LogP contribution in [0.2, 0.25) is 0 Å². The Morgan fingerprint density at radius 1 is 0.955 bits per heavy atom. The van der Waals surface area contributed by atoms with E-state index in [4.69, 9.17) is 0 Å². The molecule has 1 aromatic carbocycles. The third kappa shape index (κ3) is 2.49. The van der Waals surface area contributed by atoms with Crippen LogP contribution in [0.5, 0.6) is 0 Å². The highest BCUT2D eigenvalue weighted by atomic mass is 32.2. The SMILES string of the molecule is Cc1ccc(S(=O)(=O)N=NC2CC3CC4CC(C3)C2C4)cc1. The summed E-state index contributed by atoms with van der Waals surface area (Å²) in [6, 6.07) is 6.94. The fraction of sp³-hybridized carbons (Fsp3) is 0.647. The summed E-state index contributed by atoms with van der Waals surface area (Å²) in [5, 5.41) is 4.31. The Bertz CT molecular complexity index is 694. The Balaban J connectivity index is 1.55. The minimum absolute atomic E-state index is 0.122. The van der Waals surface area contributed by atoms with E-state index in [-0.39, 0.29) is 10.9 Å². The van der Waals surface area contributed by atoms with Crippen LogP contribution in [-0.2, 0) is 10.0 Å². The summed E-state index contributed by atoms with van der Waals surface area (Å²) in [7, 11) is -3.65. The van der Waals surface area contributed by atoms with Crippen molar-refractivity contribution in [2.75, 3.05) is 0 Å². The Morgan fingerprint density at radius 3 is 2.36 bits per heavy atom. The van der Waals surface area contributed by atoms with Crippen LogP contribution in [0.25, 0.3) is 0 Å². The molecule has 5 atom stereocenters. The summed E-state index contributed by atoms with van der Waals surface area (Å²) in [6.45, 7) is 1.94. The van der Waals surface area contributed by atoms with Crippen molar-refractivity contribution in [3.05, 3.63) is 29.8 Å². The normalized spacial score (nSPS) is 37.0. The van der Waals surface area contributed by atoms with Crippen LogP contribution >= 0.6 is 0 Å². The molecule has 0 heterocycles. The van der Waals surface area contributed by atoms with E-state index >= 15 is 0 Å². The third-order valence-corrected chi connectivity index (χ3v) is 7.02. The van der Waals surface area contributed by atoms with Gasteiger partial charge in [-0.1, -0.05) is 22.2 Å². The van der Waals surface area contributed by atoms with Crippen LogP contribution in [0, 0.1) is 30.6 Å². The number of benzene rings is 1. The first-order chi connectivity index (χ1) is 10.5. The molecule has 3 aliphatic rings. The third-order valence-electron chi connectivity index (χ3n) is 5.84. The summed E-state index contributed by atoms with van der Waals surface area (Å²) in [5.41, 5.74) is 1.04. The molecule has 0 amide bonds. The maximum absolute atomic E-state index is 12.3. The van der Waals surface area contributed by atoms with Gasteiger partial charge in [0, 0.05) is 0 Å². The zero-order valence-electron chi connectivity index (χ0n) is 12.9. The van der Waals surface area contributed by atoms with Crippen molar-refractivity contribution in [3.63, 3.8) is 0 Å². The quantitative estimate of drug-likeness (QED) is 0.792. The van der Waals surface area contributed by atoms with Crippen LogP contribution < -0.4 is 0 Å². The Labute approximate surface area is 132 Å². The van der Waals surface area contributed by atoms with Crippen molar-refractivity contribution >= 4 is 10.0 Å². The van der Waals surface area contributed by atoms with Crippen LogP contribution in [0.3, 0.4) is 0 Å². The van der Waals surface area contributed by atoms with E-state index in [2.05, 4.69) is 9.63 Å². The van der Waals surface area contributed by atoms with E-state index < -0.39 is 10.0 Å². The highest BCUT2D eigenvalue weighted by molar-refractivity contribution is 7.90. The number of sulfonamides is 1. The first-order valence-electron chi connectivity index (χ1n) is 8.25. The molecule has 0 radical (unpaired) electrons. The van der Waals surface area contributed by atoms with Crippen LogP contribution in [0.1, 0.15) is 37.7 Å². The van der Waals surface area contributed by atoms with Gasteiger partial charge >= 0.3 is 0 Å². The van der Waals surface area contributed by atoms with Crippen molar-refractivity contribution < 1.29 is 8.42 Å². The van der Waals surface area contributed by atoms with E-state index in [1.54, 1.807) is 24.3 Å². The van der Waals surface area contributed by atoms with Gasteiger partial charge in [0.05, 0.1) is 10.9 Å². The van der Waals surface area contributed by atoms with Gasteiger partial charge in [0.15, 0.2) is 0 Å². The fourth-order valence-electron chi connectivity index (χ4n) is 4.93. The second-order valence-corrected chi connectivity index (χ2v) is 8.97. The summed E-state index contributed by atoms with van der Waals surface area (Å²) in [5.74, 6) is 2.94. The van der Waals surface area contributed by atoms with Gasteiger partial charge in [0.2, 0.25) is 0 Å². The largest absolute Gasteiger partial charge is 0.299 e. The summed E-state index contributed by atoms with van der Waals surface area (Å²) in [4.78, 5) is 0.241. The van der Waals surface area contributed by atoms with E-state index in [1.165, 1.54) is 25.7 Å². The van der Waals surface area contributed by atoms with E-state index in [0.717, 1.165) is 29.7 Å². The number of hydrogen-bond acceptors (Lipinski definition) is 3. The lowest BCUT2D eigenvalue weighted by Gasteiger charge is -2.37. The van der Waals surface area contributed by atoms with Crippen LogP contribution in [0.4, 0.5) is 0 Å². The van der Waals surface area contributed by atoms with Crippen molar-refractivity contribution in [1.82, 2.24) is 0 Å². The minimum atomic E-state index is -3.65. The molecule has 1 aromatic rings. The lowest BCUT2D eigenvalue weighted by atomic mass is 9.70. The molecule has 3 saturated carbocycles. The minimum Gasteiger partial charge on any atom is -0.198 e. The summed E-state index contributed by atoms with van der Waals surface area (Å²) >= 11 is 0. The predicted molar refractivity (Wildman–Crippen MR) is 84.1 cm³/mol. The lowest BCUT2D eigenvalue weighted by Crippen LogP contribution is -2.32. The van der Waals surface area contributed by atoms with Gasteiger partial charge in [-0.2, -0.15) is 13.5 Å². The average Bonchev–Trinajstić information content (AvgIpc) is 2.70. The van der Waals surface area contributed by atoms with Crippen molar-refractivity contribution in [3.8, 4) is 0 Å². The zero-order valence-corrected chi connectivity index (χ0v) is 13.7. The van der Waals surface area contributed by atoms with Gasteiger partial charge in [0.25, 0.3) is 10.0 Å². The lowest BCUT2D eigenvalue weighted by molar-refractivity contribution is 0.154. The molecule has 0 saturated heterocycles. The molecule has 3 aliphatic carbocycles. The number of hydrogen-bond donors (Lipinski definition) is 0. The predicted octanol–water partition coefficient (Wildman–Crippen LogP) is 3.96. The van der Waals surface area contributed by atoms with Crippen LogP contribution in [-0.4, -0.2) is 14.5 Å². The molecule has 3 bridgehead atoms. The molecular weight excluding hydrogens is 296 g/mol. The Hall–Kier alpha value is -1.23. The van der Waals surface area contributed by atoms with Crippen molar-refractivity contribution in [1.29, 1.82) is 0 Å². The molecule has 5 unspecified atom stereocenters. The molecule has 3 fully saturated rings. The number of fused-ring (bicyclic) bond motifs is 2. The van der Waals surface area contributed by atoms with Gasteiger partial charge in [-0.25, -0.2) is 0 Å². The molecule has 5 heteroatoms. The highest BCUT2D eigenvalue weighted by Gasteiger charge is 2.49. The van der Waals surface area contributed by atoms with Gasteiger partial charge in [-0.05, 0) is 74.8 Å². The maximum Gasteiger partial charge on any atom is 0.299 e. The number of aryl methyl sites for hydroxylation is 1. The van der Waals surface area contributed by atoms with Crippen molar-refractivity contribution in [2.24, 2.45) is 33.3 Å². The average molecular weight is 318 g/mol. The Morgan fingerprint density at radius 2 is 1.64 bits per heavy atom. The number of nitrogens with zero attached hydrogens (tertiary/aromatic N) is 2. The monoisotopic (exact) mass is 318 g/mol. The van der Waals surface area contributed by atoms with Gasteiger partial charge in [-0.3, -0.25) is 0 Å². The first kappa shape index (κ1) is 14.4. The topological polar surface area (TPSA) is 58.9 Å². The van der Waals surface area contributed by atoms with E-state index in [9.17, 15) is 8.42 Å². The van der Waals surface area contributed by atoms with Crippen molar-refractivity contribution in [2.45, 2.75) is 50.0 Å². The van der Waals surface area contributed by atoms with E-state index in [1.807, 2.05) is 6.92 Å². The second kappa shape index (κ2) is 5.15. The first-order valence-corrected chi connectivity index (χ1v) is 9.69. The molecule has 4 rings (SSSR count). The van der Waals surface area contributed by atoms with Crippen LogP contribution in [0.15, 0.2) is 38.8 Å². The summed E-state index contributed by atoms with van der Waals surface area (Å²) in [6.07, 6.45) is 6.25. The molecule has 22 heavy (non-hydrogen) atoms. The standard InChI is InChI=1S/C17H22N2O2S/c1-11-2-4-15(5-3-11)22(20,21)19-18-17-10-13-6-12-7-14(8-13)16(17)9-12/h2-5,12-14,16-17H,6-10H2,1H3. The fourth-order valence-corrected chi connectivity index (χ4v) is 5.75. The molecule has 118 valence electrons. The summed E-state index contributed by atoms with van der Waals surface area (Å²) < 4.78 is 28.4. The highest BCUT2D eigenvalue weighted by Crippen LogP contribution is 2.55. The maximum atomic E-state index is 12.3. The zero-order chi connectivity index (χ0) is 15.3. The molecule has 4 nitrogen and oxygen atoms in total. The smallest absolute Gasteiger partial charge is 0.198 e. The van der Waals surface area contributed by atoms with Gasteiger partial charge in [0.1, 0.15) is 0 Å². The van der Waals surface area contributed by atoms with Gasteiger partial charge < -0.3 is 0 Å². The van der Waals surface area contributed by atoms with Gasteiger partial charge in [-0.15, -0.1) is 0 Å². The Kier molecular flexibility index (Phi) is 3.36. The molecule has 0 aromatic heterocycles. The molecule has 0 spiro atoms.